The van der Waals surface area contributed by atoms with Gasteiger partial charge >= 0.3 is 0 Å². The van der Waals surface area contributed by atoms with E-state index in [4.69, 9.17) is 11.6 Å². The fraction of sp³-hybridized carbons (Fsp3) is 0.364. The van der Waals surface area contributed by atoms with E-state index < -0.39 is 0 Å². The van der Waals surface area contributed by atoms with Crippen LogP contribution in [-0.2, 0) is 5.88 Å². The summed E-state index contributed by atoms with van der Waals surface area (Å²) in [5.74, 6) is 1.01. The second-order valence-corrected chi connectivity index (χ2v) is 4.00. The fourth-order valence-corrected chi connectivity index (χ4v) is 1.58. The van der Waals surface area contributed by atoms with Gasteiger partial charge in [0, 0.05) is 23.7 Å². The van der Waals surface area contributed by atoms with Crippen molar-refractivity contribution < 1.29 is 0 Å². The molecule has 2 aromatic heterocycles. The smallest absolute Gasteiger partial charge is 0.219 e. The monoisotopic (exact) mass is 236 g/mol. The molecule has 0 saturated carbocycles. The first kappa shape index (κ1) is 11.1. The Labute approximate surface area is 99.3 Å². The van der Waals surface area contributed by atoms with Crippen LogP contribution in [0.2, 0.25) is 0 Å². The highest BCUT2D eigenvalue weighted by molar-refractivity contribution is 6.17. The largest absolute Gasteiger partial charge is 0.250 e. The van der Waals surface area contributed by atoms with Crippen LogP contribution in [0, 0.1) is 20.8 Å². The standard InChI is InChI=1S/C11H13ClN4/c1-7-8(2)15-16(9(7)3)11-13-5-10(4-12)6-14-11/h5-6H,4H2,1-3H3. The Hall–Kier alpha value is -1.42. The molecule has 0 aromatic carbocycles. The predicted octanol–water partition coefficient (Wildman–Crippen LogP) is 2.33. The molecule has 0 aliphatic heterocycles. The zero-order valence-corrected chi connectivity index (χ0v) is 10.3. The lowest BCUT2D eigenvalue weighted by Crippen LogP contribution is -2.05. The van der Waals surface area contributed by atoms with E-state index in [1.165, 1.54) is 5.56 Å². The van der Waals surface area contributed by atoms with Crippen molar-refractivity contribution in [3.05, 3.63) is 34.9 Å². The van der Waals surface area contributed by atoms with Crippen LogP contribution >= 0.6 is 11.6 Å². The van der Waals surface area contributed by atoms with Gasteiger partial charge in [-0.3, -0.25) is 0 Å². The van der Waals surface area contributed by atoms with E-state index in [2.05, 4.69) is 15.1 Å². The van der Waals surface area contributed by atoms with Gasteiger partial charge in [-0.25, -0.2) is 14.6 Å². The summed E-state index contributed by atoms with van der Waals surface area (Å²) in [7, 11) is 0. The van der Waals surface area contributed by atoms with Gasteiger partial charge in [0.25, 0.3) is 5.95 Å². The Morgan fingerprint density at radius 3 is 2.25 bits per heavy atom. The van der Waals surface area contributed by atoms with Crippen LogP contribution in [0.15, 0.2) is 12.4 Å². The lowest BCUT2D eigenvalue weighted by molar-refractivity contribution is 0.771. The molecule has 4 nitrogen and oxygen atoms in total. The molecule has 0 aliphatic rings. The van der Waals surface area contributed by atoms with Gasteiger partial charge in [-0.1, -0.05) is 0 Å². The van der Waals surface area contributed by atoms with Crippen molar-refractivity contribution in [2.24, 2.45) is 0 Å². The summed E-state index contributed by atoms with van der Waals surface area (Å²) in [6.07, 6.45) is 3.45. The topological polar surface area (TPSA) is 43.6 Å². The summed E-state index contributed by atoms with van der Waals surface area (Å²) in [4.78, 5) is 8.48. The number of hydrogen-bond donors (Lipinski definition) is 0. The van der Waals surface area contributed by atoms with Crippen LogP contribution in [0.3, 0.4) is 0 Å². The first-order valence-corrected chi connectivity index (χ1v) is 5.57. The fourth-order valence-electron chi connectivity index (χ4n) is 1.44. The molecule has 0 unspecified atom stereocenters. The van der Waals surface area contributed by atoms with Crippen LogP contribution in [0.25, 0.3) is 5.95 Å². The molecule has 2 heterocycles. The van der Waals surface area contributed by atoms with Gasteiger partial charge in [0.15, 0.2) is 0 Å². The van der Waals surface area contributed by atoms with E-state index >= 15 is 0 Å². The minimum atomic E-state index is 0.427. The predicted molar refractivity (Wildman–Crippen MR) is 62.9 cm³/mol. The molecule has 0 spiro atoms. The van der Waals surface area contributed by atoms with Gasteiger partial charge in [0.05, 0.1) is 11.6 Å². The van der Waals surface area contributed by atoms with Crippen LogP contribution < -0.4 is 0 Å². The number of aromatic nitrogens is 4. The maximum atomic E-state index is 5.68. The van der Waals surface area contributed by atoms with E-state index in [-0.39, 0.29) is 0 Å². The number of halogens is 1. The maximum Gasteiger partial charge on any atom is 0.250 e. The summed E-state index contributed by atoms with van der Waals surface area (Å²) in [6.45, 7) is 6.03. The summed E-state index contributed by atoms with van der Waals surface area (Å²) >= 11 is 5.68. The quantitative estimate of drug-likeness (QED) is 0.752. The average molecular weight is 237 g/mol. The highest BCUT2D eigenvalue weighted by Crippen LogP contribution is 2.14. The minimum Gasteiger partial charge on any atom is -0.219 e. The normalized spacial score (nSPS) is 10.8. The van der Waals surface area contributed by atoms with Crippen molar-refractivity contribution in [1.82, 2.24) is 19.7 Å². The van der Waals surface area contributed by atoms with Crippen molar-refractivity contribution in [1.29, 1.82) is 0 Å². The van der Waals surface area contributed by atoms with Crippen LogP contribution in [0.4, 0.5) is 0 Å². The molecule has 0 saturated heterocycles. The average Bonchev–Trinajstić information content (AvgIpc) is 2.57. The van der Waals surface area contributed by atoms with Gasteiger partial charge < -0.3 is 0 Å². The molecule has 0 radical (unpaired) electrons. The zero-order chi connectivity index (χ0) is 11.7. The lowest BCUT2D eigenvalue weighted by atomic mass is 10.2. The molecular weight excluding hydrogens is 224 g/mol. The molecule has 0 amide bonds. The summed E-state index contributed by atoms with van der Waals surface area (Å²) in [5, 5.41) is 4.39. The number of rotatable bonds is 2. The third-order valence-electron chi connectivity index (χ3n) is 2.69. The van der Waals surface area contributed by atoms with Crippen LogP contribution in [-0.4, -0.2) is 19.7 Å². The summed E-state index contributed by atoms with van der Waals surface area (Å²) in [5.41, 5.74) is 4.15. The summed E-state index contributed by atoms with van der Waals surface area (Å²) in [6, 6.07) is 0. The lowest BCUT2D eigenvalue weighted by Gasteiger charge is -2.02. The molecule has 16 heavy (non-hydrogen) atoms. The third kappa shape index (κ3) is 1.80. The van der Waals surface area contributed by atoms with E-state index in [1.807, 2.05) is 20.8 Å². The van der Waals surface area contributed by atoms with Crippen LogP contribution in [0.5, 0.6) is 0 Å². The zero-order valence-electron chi connectivity index (χ0n) is 9.53. The molecule has 2 rings (SSSR count). The molecule has 0 aliphatic carbocycles. The molecular formula is C11H13ClN4. The van der Waals surface area contributed by atoms with Crippen molar-refractivity contribution >= 4 is 11.6 Å². The summed E-state index contributed by atoms with van der Waals surface area (Å²) < 4.78 is 1.75. The second kappa shape index (κ2) is 4.22. The van der Waals surface area contributed by atoms with E-state index in [1.54, 1.807) is 17.1 Å². The molecule has 5 heteroatoms. The molecule has 0 fully saturated rings. The van der Waals surface area contributed by atoms with Gasteiger partial charge in [0.1, 0.15) is 0 Å². The number of alkyl halides is 1. The highest BCUT2D eigenvalue weighted by atomic mass is 35.5. The first-order chi connectivity index (χ1) is 7.63. The number of hydrogen-bond acceptors (Lipinski definition) is 3. The Balaban J connectivity index is 2.46. The molecule has 0 bridgehead atoms. The third-order valence-corrected chi connectivity index (χ3v) is 3.00. The van der Waals surface area contributed by atoms with Crippen molar-refractivity contribution in [3.63, 3.8) is 0 Å². The van der Waals surface area contributed by atoms with Crippen molar-refractivity contribution in [2.45, 2.75) is 26.7 Å². The Morgan fingerprint density at radius 2 is 1.81 bits per heavy atom. The minimum absolute atomic E-state index is 0.427. The Kier molecular flexibility index (Phi) is 2.92. The SMILES string of the molecule is Cc1nn(-c2ncc(CCl)cn2)c(C)c1C. The molecule has 0 N–H and O–H groups in total. The highest BCUT2D eigenvalue weighted by Gasteiger charge is 2.10. The van der Waals surface area contributed by atoms with Gasteiger partial charge in [-0.05, 0) is 26.3 Å². The van der Waals surface area contributed by atoms with E-state index in [0.717, 1.165) is 17.0 Å². The van der Waals surface area contributed by atoms with Gasteiger partial charge in [0.2, 0.25) is 0 Å². The van der Waals surface area contributed by atoms with Crippen molar-refractivity contribution in [2.75, 3.05) is 0 Å². The first-order valence-electron chi connectivity index (χ1n) is 5.03. The van der Waals surface area contributed by atoms with Crippen molar-refractivity contribution in [3.8, 4) is 5.95 Å². The van der Waals surface area contributed by atoms with E-state index in [0.29, 0.717) is 11.8 Å². The van der Waals surface area contributed by atoms with Gasteiger partial charge in [-0.15, -0.1) is 11.6 Å². The Bertz CT molecular complexity index is 501. The number of nitrogens with zero attached hydrogens (tertiary/aromatic N) is 4. The van der Waals surface area contributed by atoms with E-state index in [9.17, 15) is 0 Å². The molecule has 2 aromatic rings. The molecule has 0 atom stereocenters. The van der Waals surface area contributed by atoms with Crippen LogP contribution in [0.1, 0.15) is 22.5 Å². The maximum absolute atomic E-state index is 5.68. The van der Waals surface area contributed by atoms with Gasteiger partial charge in [-0.2, -0.15) is 5.10 Å². The Morgan fingerprint density at radius 1 is 1.19 bits per heavy atom. The number of aryl methyl sites for hydroxylation is 1. The molecule has 84 valence electrons. The second-order valence-electron chi connectivity index (χ2n) is 3.73.